The van der Waals surface area contributed by atoms with Gasteiger partial charge < -0.3 is 10.0 Å². The number of anilines is 1. The Balaban J connectivity index is 2.11. The molecule has 0 saturated heterocycles. The average molecular weight is 219 g/mol. The molecule has 2 rings (SSSR count). The number of hydrogen-bond acceptors (Lipinski definition) is 2. The zero-order valence-electron chi connectivity index (χ0n) is 10.2. The summed E-state index contributed by atoms with van der Waals surface area (Å²) < 4.78 is 0. The van der Waals surface area contributed by atoms with Crippen LogP contribution in [0.4, 0.5) is 5.69 Å². The first kappa shape index (κ1) is 11.5. The van der Waals surface area contributed by atoms with Gasteiger partial charge in [-0.2, -0.15) is 0 Å². The number of aliphatic hydroxyl groups is 1. The molecule has 1 saturated carbocycles. The summed E-state index contributed by atoms with van der Waals surface area (Å²) in [5.74, 6) is 0. The molecule has 1 N–H and O–H groups in total. The molecule has 1 fully saturated rings. The van der Waals surface area contributed by atoms with Crippen LogP contribution in [0.5, 0.6) is 0 Å². The number of nitrogens with zero attached hydrogens (tertiary/aromatic N) is 1. The summed E-state index contributed by atoms with van der Waals surface area (Å²) in [5, 5.41) is 9.72. The number of benzene rings is 1. The van der Waals surface area contributed by atoms with Crippen molar-refractivity contribution in [1.82, 2.24) is 0 Å². The molecule has 1 aliphatic rings. The normalized spacial score (nSPS) is 17.2. The highest BCUT2D eigenvalue weighted by molar-refractivity contribution is 5.49. The molecule has 0 radical (unpaired) electrons. The Kier molecular flexibility index (Phi) is 3.49. The predicted molar refractivity (Wildman–Crippen MR) is 67.7 cm³/mol. The van der Waals surface area contributed by atoms with Crippen molar-refractivity contribution >= 4 is 5.69 Å². The van der Waals surface area contributed by atoms with Crippen molar-refractivity contribution < 1.29 is 5.11 Å². The molecular weight excluding hydrogens is 198 g/mol. The van der Waals surface area contributed by atoms with Gasteiger partial charge in [0.15, 0.2) is 0 Å². The lowest BCUT2D eigenvalue weighted by molar-refractivity contribution is 0.173. The summed E-state index contributed by atoms with van der Waals surface area (Å²) in [6.07, 6.45) is 3.12. The molecular formula is C14H21NO. The van der Waals surface area contributed by atoms with Crippen molar-refractivity contribution in [2.24, 2.45) is 0 Å². The third-order valence-electron chi connectivity index (χ3n) is 3.32. The molecule has 0 aliphatic heterocycles. The van der Waals surface area contributed by atoms with Crippen LogP contribution in [0.25, 0.3) is 0 Å². The molecule has 88 valence electrons. The predicted octanol–water partition coefficient (Wildman–Crippen LogP) is 3.12. The van der Waals surface area contributed by atoms with Gasteiger partial charge in [0.2, 0.25) is 0 Å². The van der Waals surface area contributed by atoms with Crippen LogP contribution in [0.3, 0.4) is 0 Å². The monoisotopic (exact) mass is 219 g/mol. The van der Waals surface area contributed by atoms with Crippen LogP contribution in [0, 0.1) is 0 Å². The van der Waals surface area contributed by atoms with Crippen LogP contribution in [-0.2, 0) is 0 Å². The number of hydrogen-bond donors (Lipinski definition) is 1. The Morgan fingerprint density at radius 1 is 1.25 bits per heavy atom. The molecule has 1 aromatic carbocycles. The molecule has 0 amide bonds. The van der Waals surface area contributed by atoms with E-state index in [0.29, 0.717) is 0 Å². The topological polar surface area (TPSA) is 23.5 Å². The minimum atomic E-state index is -0.315. The van der Waals surface area contributed by atoms with Crippen LogP contribution in [0.15, 0.2) is 24.3 Å². The summed E-state index contributed by atoms with van der Waals surface area (Å²) in [6, 6.07) is 9.13. The molecule has 0 heterocycles. The number of rotatable bonds is 5. The van der Waals surface area contributed by atoms with Crippen LogP contribution < -0.4 is 4.90 Å². The van der Waals surface area contributed by atoms with Gasteiger partial charge in [-0.25, -0.2) is 0 Å². The van der Waals surface area contributed by atoms with Crippen LogP contribution in [0.2, 0.25) is 0 Å². The van der Waals surface area contributed by atoms with Crippen LogP contribution in [-0.4, -0.2) is 17.7 Å². The number of aliphatic hydroxyl groups excluding tert-OH is 1. The lowest BCUT2D eigenvalue weighted by Gasteiger charge is -2.23. The molecule has 16 heavy (non-hydrogen) atoms. The summed E-state index contributed by atoms with van der Waals surface area (Å²) in [6.45, 7) is 5.27. The van der Waals surface area contributed by atoms with Gasteiger partial charge in [0, 0.05) is 18.3 Å². The fraction of sp³-hybridized carbons (Fsp3) is 0.571. The highest BCUT2D eigenvalue weighted by Gasteiger charge is 2.27. The van der Waals surface area contributed by atoms with Crippen molar-refractivity contribution in [3.8, 4) is 0 Å². The van der Waals surface area contributed by atoms with E-state index in [1.54, 1.807) is 0 Å². The largest absolute Gasteiger partial charge is 0.388 e. The fourth-order valence-corrected chi connectivity index (χ4v) is 2.16. The van der Waals surface area contributed by atoms with Crippen LogP contribution >= 0.6 is 0 Å². The Labute approximate surface area is 97.9 Å². The molecule has 2 heteroatoms. The molecule has 1 atom stereocenters. The van der Waals surface area contributed by atoms with E-state index < -0.39 is 0 Å². The van der Waals surface area contributed by atoms with Gasteiger partial charge in [0.25, 0.3) is 0 Å². The van der Waals surface area contributed by atoms with E-state index in [9.17, 15) is 5.11 Å². The fourth-order valence-electron chi connectivity index (χ4n) is 2.16. The lowest BCUT2D eigenvalue weighted by Crippen LogP contribution is -2.24. The second-order valence-electron chi connectivity index (χ2n) is 4.53. The Morgan fingerprint density at radius 3 is 2.31 bits per heavy atom. The van der Waals surface area contributed by atoms with Crippen molar-refractivity contribution in [1.29, 1.82) is 0 Å². The molecule has 0 spiro atoms. The third-order valence-corrected chi connectivity index (χ3v) is 3.32. The highest BCUT2D eigenvalue weighted by Crippen LogP contribution is 2.32. The SMILES string of the molecule is CC[C@H](O)c1ccc(N(CC)C2CC2)cc1. The Bertz CT molecular complexity index is 329. The first-order valence-electron chi connectivity index (χ1n) is 6.31. The standard InChI is InChI=1S/C14H21NO/c1-3-14(16)11-5-7-12(8-6-11)15(4-2)13-9-10-13/h5-8,13-14,16H,3-4,9-10H2,1-2H3/t14-/m0/s1. The summed E-state index contributed by atoms with van der Waals surface area (Å²) >= 11 is 0. The average Bonchev–Trinajstić information content (AvgIpc) is 3.14. The second-order valence-corrected chi connectivity index (χ2v) is 4.53. The summed E-state index contributed by atoms with van der Waals surface area (Å²) in [7, 11) is 0. The molecule has 2 nitrogen and oxygen atoms in total. The maximum atomic E-state index is 9.72. The van der Waals surface area contributed by atoms with Gasteiger partial charge in [0.1, 0.15) is 0 Å². The maximum absolute atomic E-state index is 9.72. The van der Waals surface area contributed by atoms with E-state index in [2.05, 4.69) is 36.1 Å². The smallest absolute Gasteiger partial charge is 0.0787 e. The van der Waals surface area contributed by atoms with Gasteiger partial charge in [-0.15, -0.1) is 0 Å². The Hall–Kier alpha value is -1.02. The maximum Gasteiger partial charge on any atom is 0.0787 e. The van der Waals surface area contributed by atoms with Gasteiger partial charge in [-0.3, -0.25) is 0 Å². The van der Waals surface area contributed by atoms with E-state index in [1.807, 2.05) is 6.92 Å². The van der Waals surface area contributed by atoms with Gasteiger partial charge >= 0.3 is 0 Å². The molecule has 0 bridgehead atoms. The second kappa shape index (κ2) is 4.88. The molecule has 1 aromatic rings. The zero-order valence-corrected chi connectivity index (χ0v) is 10.2. The van der Waals surface area contributed by atoms with Gasteiger partial charge in [0.05, 0.1) is 6.10 Å². The van der Waals surface area contributed by atoms with Crippen LogP contribution in [0.1, 0.15) is 44.8 Å². The minimum absolute atomic E-state index is 0.315. The lowest BCUT2D eigenvalue weighted by atomic mass is 10.1. The van der Waals surface area contributed by atoms with E-state index in [-0.39, 0.29) is 6.10 Å². The highest BCUT2D eigenvalue weighted by atomic mass is 16.3. The molecule has 1 aliphatic carbocycles. The quantitative estimate of drug-likeness (QED) is 0.822. The van der Waals surface area contributed by atoms with Crippen molar-refractivity contribution in [3.05, 3.63) is 29.8 Å². The van der Waals surface area contributed by atoms with E-state index in [0.717, 1.165) is 24.6 Å². The zero-order chi connectivity index (χ0) is 11.5. The molecule has 0 unspecified atom stereocenters. The summed E-state index contributed by atoms with van der Waals surface area (Å²) in [4.78, 5) is 2.45. The Morgan fingerprint density at radius 2 is 1.88 bits per heavy atom. The van der Waals surface area contributed by atoms with Gasteiger partial charge in [-0.1, -0.05) is 19.1 Å². The van der Waals surface area contributed by atoms with E-state index in [4.69, 9.17) is 0 Å². The summed E-state index contributed by atoms with van der Waals surface area (Å²) in [5.41, 5.74) is 2.31. The first-order valence-corrected chi connectivity index (χ1v) is 6.31. The minimum Gasteiger partial charge on any atom is -0.388 e. The first-order chi connectivity index (χ1) is 7.76. The van der Waals surface area contributed by atoms with Crippen molar-refractivity contribution in [3.63, 3.8) is 0 Å². The van der Waals surface area contributed by atoms with E-state index in [1.165, 1.54) is 18.5 Å². The third kappa shape index (κ3) is 2.38. The van der Waals surface area contributed by atoms with Crippen molar-refractivity contribution in [2.45, 2.75) is 45.3 Å². The van der Waals surface area contributed by atoms with Gasteiger partial charge in [-0.05, 0) is 43.9 Å². The van der Waals surface area contributed by atoms with Crippen molar-refractivity contribution in [2.75, 3.05) is 11.4 Å². The van der Waals surface area contributed by atoms with E-state index >= 15 is 0 Å². The molecule has 0 aromatic heterocycles.